The fourth-order valence-corrected chi connectivity index (χ4v) is 4.76. The Morgan fingerprint density at radius 1 is 1.09 bits per heavy atom. The van der Waals surface area contributed by atoms with Crippen LogP contribution in [0, 0.1) is 0 Å². The molecule has 5 rings (SSSR count). The van der Waals surface area contributed by atoms with Crippen molar-refractivity contribution in [1.82, 2.24) is 9.80 Å². The molecule has 7 nitrogen and oxygen atoms in total. The highest BCUT2D eigenvalue weighted by atomic mass is 35.5. The van der Waals surface area contributed by atoms with E-state index in [1.807, 2.05) is 31.2 Å². The van der Waals surface area contributed by atoms with E-state index in [1.54, 1.807) is 23.1 Å². The first kappa shape index (κ1) is 21.9. The van der Waals surface area contributed by atoms with Crippen LogP contribution in [0.1, 0.15) is 34.6 Å². The van der Waals surface area contributed by atoms with Crippen LogP contribution in [0.3, 0.4) is 0 Å². The minimum absolute atomic E-state index is 0.101. The van der Waals surface area contributed by atoms with Crippen LogP contribution in [0.4, 0.5) is 0 Å². The van der Waals surface area contributed by atoms with Gasteiger partial charge in [0.15, 0.2) is 5.43 Å². The molecular weight excluding hydrogens is 444 g/mol. The first-order chi connectivity index (χ1) is 16.1. The molecular formula is C25H25ClN2O5. The van der Waals surface area contributed by atoms with Crippen LogP contribution in [0.2, 0.25) is 5.02 Å². The van der Waals surface area contributed by atoms with Gasteiger partial charge in [0, 0.05) is 31.2 Å². The number of ether oxygens (including phenoxy) is 2. The van der Waals surface area contributed by atoms with E-state index in [-0.39, 0.29) is 17.1 Å². The molecule has 0 spiro atoms. The number of amides is 1. The molecule has 33 heavy (non-hydrogen) atoms. The summed E-state index contributed by atoms with van der Waals surface area (Å²) in [6, 6.07) is 11.9. The van der Waals surface area contributed by atoms with Gasteiger partial charge in [0.25, 0.3) is 5.91 Å². The number of rotatable bonds is 6. The summed E-state index contributed by atoms with van der Waals surface area (Å²) in [7, 11) is 0. The van der Waals surface area contributed by atoms with E-state index < -0.39 is 6.04 Å². The zero-order valence-electron chi connectivity index (χ0n) is 18.4. The van der Waals surface area contributed by atoms with Gasteiger partial charge in [0.2, 0.25) is 5.76 Å². The monoisotopic (exact) mass is 468 g/mol. The van der Waals surface area contributed by atoms with Crippen molar-refractivity contribution in [2.24, 2.45) is 0 Å². The molecule has 8 heteroatoms. The molecule has 3 aromatic rings. The second-order valence-electron chi connectivity index (χ2n) is 8.18. The summed E-state index contributed by atoms with van der Waals surface area (Å²) in [6.07, 6.45) is 0. The van der Waals surface area contributed by atoms with E-state index in [1.165, 1.54) is 0 Å². The summed E-state index contributed by atoms with van der Waals surface area (Å²) in [5.41, 5.74) is 1.28. The molecule has 0 saturated carbocycles. The van der Waals surface area contributed by atoms with Gasteiger partial charge >= 0.3 is 0 Å². The lowest BCUT2D eigenvalue weighted by atomic mass is 9.98. The molecule has 0 aliphatic carbocycles. The number of benzene rings is 2. The highest BCUT2D eigenvalue weighted by Crippen LogP contribution is 2.39. The second-order valence-corrected chi connectivity index (χ2v) is 8.61. The third-order valence-corrected chi connectivity index (χ3v) is 6.41. The molecule has 1 aromatic heterocycles. The minimum atomic E-state index is -0.562. The fourth-order valence-electron chi connectivity index (χ4n) is 4.58. The Morgan fingerprint density at radius 3 is 2.70 bits per heavy atom. The Morgan fingerprint density at radius 2 is 1.91 bits per heavy atom. The van der Waals surface area contributed by atoms with Crippen LogP contribution in [-0.4, -0.2) is 61.7 Å². The Kier molecular flexibility index (Phi) is 6.10. The number of carbonyl (C=O) groups excluding carboxylic acids is 1. The largest absolute Gasteiger partial charge is 0.494 e. The Balaban J connectivity index is 1.60. The third kappa shape index (κ3) is 4.12. The van der Waals surface area contributed by atoms with Gasteiger partial charge in [0.1, 0.15) is 11.3 Å². The average Bonchev–Trinajstić information content (AvgIpc) is 3.11. The van der Waals surface area contributed by atoms with Crippen molar-refractivity contribution in [3.63, 3.8) is 0 Å². The molecule has 1 atom stereocenters. The summed E-state index contributed by atoms with van der Waals surface area (Å²) in [6.45, 7) is 6.59. The van der Waals surface area contributed by atoms with E-state index >= 15 is 0 Å². The standard InChI is InChI=1S/C25H25ClN2O5/c1-2-32-18-5-3-4-16(14-18)22-21-23(29)19-15-17(26)6-7-20(19)33-24(21)25(30)28(22)9-8-27-10-12-31-13-11-27/h3-7,14-15,22H,2,8-13H2,1H3. The van der Waals surface area contributed by atoms with Crippen molar-refractivity contribution in [3.05, 3.63) is 74.6 Å². The van der Waals surface area contributed by atoms with E-state index in [0.29, 0.717) is 60.2 Å². The van der Waals surface area contributed by atoms with Gasteiger partial charge in [-0.1, -0.05) is 23.7 Å². The Labute approximate surface area is 196 Å². The molecule has 0 N–H and O–H groups in total. The SMILES string of the molecule is CCOc1cccc(C2c3c(oc4ccc(Cl)cc4c3=O)C(=O)N2CCN2CCOCC2)c1. The summed E-state index contributed by atoms with van der Waals surface area (Å²) in [5, 5.41) is 0.813. The number of carbonyl (C=O) groups is 1. The van der Waals surface area contributed by atoms with Crippen LogP contribution in [-0.2, 0) is 4.74 Å². The van der Waals surface area contributed by atoms with Gasteiger partial charge in [-0.15, -0.1) is 0 Å². The van der Waals surface area contributed by atoms with Crippen molar-refractivity contribution in [1.29, 1.82) is 0 Å². The van der Waals surface area contributed by atoms with Gasteiger partial charge in [-0.3, -0.25) is 14.5 Å². The highest BCUT2D eigenvalue weighted by Gasteiger charge is 2.42. The van der Waals surface area contributed by atoms with Crippen molar-refractivity contribution < 1.29 is 18.7 Å². The Hall–Kier alpha value is -2.87. The lowest BCUT2D eigenvalue weighted by Crippen LogP contribution is -2.42. The average molecular weight is 469 g/mol. The smallest absolute Gasteiger partial charge is 0.290 e. The maximum atomic E-state index is 13.6. The first-order valence-electron chi connectivity index (χ1n) is 11.2. The summed E-state index contributed by atoms with van der Waals surface area (Å²) < 4.78 is 17.1. The van der Waals surface area contributed by atoms with Crippen molar-refractivity contribution in [3.8, 4) is 5.75 Å². The summed E-state index contributed by atoms with van der Waals surface area (Å²) >= 11 is 6.15. The van der Waals surface area contributed by atoms with Crippen LogP contribution >= 0.6 is 11.6 Å². The van der Waals surface area contributed by atoms with Crippen LogP contribution < -0.4 is 10.2 Å². The van der Waals surface area contributed by atoms with E-state index in [4.69, 9.17) is 25.5 Å². The molecule has 1 unspecified atom stereocenters. The molecule has 0 radical (unpaired) electrons. The number of morpholine rings is 1. The molecule has 2 aromatic carbocycles. The number of hydrogen-bond donors (Lipinski definition) is 0. The van der Waals surface area contributed by atoms with Gasteiger partial charge < -0.3 is 18.8 Å². The number of fused-ring (bicyclic) bond motifs is 2. The summed E-state index contributed by atoms with van der Waals surface area (Å²) in [5.74, 6) is 0.514. The zero-order chi connectivity index (χ0) is 22.9. The second kappa shape index (κ2) is 9.17. The maximum Gasteiger partial charge on any atom is 0.290 e. The molecule has 172 valence electrons. The lowest BCUT2D eigenvalue weighted by Gasteiger charge is -2.31. The number of nitrogens with zero attached hydrogens (tertiary/aromatic N) is 2. The molecule has 2 aliphatic rings. The predicted octanol–water partition coefficient (Wildman–Crippen LogP) is 3.72. The molecule has 1 amide bonds. The molecule has 1 saturated heterocycles. The lowest BCUT2D eigenvalue weighted by molar-refractivity contribution is 0.0314. The highest BCUT2D eigenvalue weighted by molar-refractivity contribution is 6.31. The van der Waals surface area contributed by atoms with Crippen molar-refractivity contribution in [2.45, 2.75) is 13.0 Å². The van der Waals surface area contributed by atoms with E-state index in [2.05, 4.69) is 4.90 Å². The van der Waals surface area contributed by atoms with Crippen LogP contribution in [0.15, 0.2) is 51.7 Å². The Bertz CT molecular complexity index is 1250. The van der Waals surface area contributed by atoms with Crippen LogP contribution in [0.25, 0.3) is 11.0 Å². The topological polar surface area (TPSA) is 72.2 Å². The van der Waals surface area contributed by atoms with E-state index in [0.717, 1.165) is 18.7 Å². The molecule has 0 bridgehead atoms. The summed E-state index contributed by atoms with van der Waals surface area (Å²) in [4.78, 5) is 31.1. The van der Waals surface area contributed by atoms with Gasteiger partial charge in [-0.2, -0.15) is 0 Å². The van der Waals surface area contributed by atoms with Crippen LogP contribution in [0.5, 0.6) is 5.75 Å². The third-order valence-electron chi connectivity index (χ3n) is 6.17. The normalized spacial score (nSPS) is 18.7. The number of halogens is 1. The predicted molar refractivity (Wildman–Crippen MR) is 125 cm³/mol. The van der Waals surface area contributed by atoms with Gasteiger partial charge in [0.05, 0.1) is 36.8 Å². The molecule has 3 heterocycles. The van der Waals surface area contributed by atoms with Crippen molar-refractivity contribution >= 4 is 28.5 Å². The van der Waals surface area contributed by atoms with Gasteiger partial charge in [-0.25, -0.2) is 0 Å². The van der Waals surface area contributed by atoms with Crippen molar-refractivity contribution in [2.75, 3.05) is 46.0 Å². The quantitative estimate of drug-likeness (QED) is 0.549. The number of hydrogen-bond acceptors (Lipinski definition) is 6. The maximum absolute atomic E-state index is 13.6. The first-order valence-corrected chi connectivity index (χ1v) is 11.5. The molecule has 1 fully saturated rings. The zero-order valence-corrected chi connectivity index (χ0v) is 19.1. The minimum Gasteiger partial charge on any atom is -0.494 e. The molecule has 2 aliphatic heterocycles. The fraction of sp³-hybridized carbons (Fsp3) is 0.360. The van der Waals surface area contributed by atoms with Gasteiger partial charge in [-0.05, 0) is 42.8 Å². The van der Waals surface area contributed by atoms with E-state index in [9.17, 15) is 9.59 Å².